The first-order valence-electron chi connectivity index (χ1n) is 21.7. The lowest BCUT2D eigenvalue weighted by Gasteiger charge is -2.36. The summed E-state index contributed by atoms with van der Waals surface area (Å²) in [6.45, 7) is 4.53. The molecule has 11 nitrogen and oxygen atoms in total. The Labute approximate surface area is 400 Å². The molecule has 0 aromatic heterocycles. The van der Waals surface area contributed by atoms with Crippen LogP contribution in [-0.2, 0) is 30.9 Å². The number of aliphatic hydroxyl groups is 1. The van der Waals surface area contributed by atoms with Crippen molar-refractivity contribution in [2.45, 2.75) is 58.8 Å². The number of carbonyl (C=O) groups excluding carboxylic acids is 1. The molecule has 0 bridgehead atoms. The number of piperidine rings is 1. The van der Waals surface area contributed by atoms with Gasteiger partial charge in [-0.15, -0.1) is 11.8 Å². The number of Topliss-reactive ketones (excluding diaryl/α,β-unsaturated/α-hetero) is 1. The zero-order chi connectivity index (χ0) is 48.8. The van der Waals surface area contributed by atoms with Crippen LogP contribution in [0.4, 0.5) is 18.9 Å². The fraction of sp³-hybridized carbons (Fsp3) is 0.347. The number of hydrogen-bond acceptors (Lipinski definition) is 11. The first-order chi connectivity index (χ1) is 31.9. The predicted molar refractivity (Wildman–Crippen MR) is 258 cm³/mol. The number of hydrogen-bond donors (Lipinski definition) is 3. The van der Waals surface area contributed by atoms with Gasteiger partial charge < -0.3 is 25.7 Å². The van der Waals surface area contributed by atoms with Gasteiger partial charge in [-0.1, -0.05) is 79.2 Å². The maximum Gasteiger partial charge on any atom is 0.501 e. The van der Waals surface area contributed by atoms with Gasteiger partial charge in [-0.25, -0.2) is 16.8 Å². The molecular weight excluding hydrogens is 947 g/mol. The molecule has 360 valence electrons. The second kappa shape index (κ2) is 24.5. The molecule has 2 atom stereocenters. The molecule has 1 heterocycles. The highest BCUT2D eigenvalue weighted by Gasteiger charge is 2.48. The van der Waals surface area contributed by atoms with Gasteiger partial charge in [0.1, 0.15) is 5.75 Å². The number of thioether (sulfide) groups is 1. The van der Waals surface area contributed by atoms with E-state index in [2.05, 4.69) is 17.0 Å². The third-order valence-corrected chi connectivity index (χ3v) is 16.5. The number of rotatable bonds is 20. The van der Waals surface area contributed by atoms with E-state index in [1.54, 1.807) is 12.1 Å². The molecule has 0 amide bonds. The van der Waals surface area contributed by atoms with Crippen molar-refractivity contribution in [2.75, 3.05) is 55.7 Å². The quantitative estimate of drug-likeness (QED) is 0.0384. The van der Waals surface area contributed by atoms with Crippen LogP contribution in [0.2, 0.25) is 5.02 Å². The minimum absolute atomic E-state index is 0.0751. The Morgan fingerprint density at radius 2 is 1.54 bits per heavy atom. The molecule has 1 fully saturated rings. The van der Waals surface area contributed by atoms with Crippen LogP contribution in [0.15, 0.2) is 136 Å². The van der Waals surface area contributed by atoms with E-state index < -0.39 is 46.5 Å². The number of benzene rings is 5. The minimum Gasteiger partial charge on any atom is -0.483 e. The van der Waals surface area contributed by atoms with Crippen LogP contribution < -0.4 is 10.6 Å². The van der Waals surface area contributed by atoms with Gasteiger partial charge in [-0.2, -0.15) is 13.2 Å². The number of likely N-dealkylation sites (N-methyl/N-ethyl adjacent to an activating group) is 1. The highest BCUT2D eigenvalue weighted by Crippen LogP contribution is 2.38. The summed E-state index contributed by atoms with van der Waals surface area (Å²) in [6, 6.07) is 34.2. The summed E-state index contributed by atoms with van der Waals surface area (Å²) in [6.07, 6.45) is 2.01. The van der Waals surface area contributed by atoms with E-state index in [-0.39, 0.29) is 48.5 Å². The molecule has 0 radical (unpaired) electrons. The number of alkyl halides is 3. The number of halogens is 4. The zero-order valence-corrected chi connectivity index (χ0v) is 40.1. The van der Waals surface area contributed by atoms with Gasteiger partial charge in [-0.05, 0) is 134 Å². The normalized spacial score (nSPS) is 14.5. The molecule has 5 aromatic rings. The highest BCUT2D eigenvalue weighted by atomic mass is 35.5. The average Bonchev–Trinajstić information content (AvgIpc) is 3.32. The summed E-state index contributed by atoms with van der Waals surface area (Å²) in [5.41, 5.74) is 5.08. The Bertz CT molecular complexity index is 2620. The lowest BCUT2D eigenvalue weighted by Crippen LogP contribution is -2.37. The maximum atomic E-state index is 14.2. The molecule has 5 aromatic carbocycles. The number of nitrogens with zero attached hydrogens (tertiary/aromatic N) is 2. The largest absolute Gasteiger partial charge is 0.501 e. The topological polar surface area (TPSA) is 175 Å². The van der Waals surface area contributed by atoms with Crippen molar-refractivity contribution in [3.63, 3.8) is 0 Å². The molecule has 6 rings (SSSR count). The average molecular weight is 1000 g/mol. The lowest BCUT2D eigenvalue weighted by molar-refractivity contribution is -0.122. The van der Waals surface area contributed by atoms with Gasteiger partial charge in [-0.3, -0.25) is 9.59 Å². The number of carboxylic acid groups (broad SMARTS) is 1. The molecule has 0 spiro atoms. The van der Waals surface area contributed by atoms with Crippen molar-refractivity contribution in [3.8, 4) is 11.1 Å². The monoisotopic (exact) mass is 1000 g/mol. The van der Waals surface area contributed by atoms with Gasteiger partial charge in [0.25, 0.3) is 16.3 Å². The van der Waals surface area contributed by atoms with Crippen molar-refractivity contribution in [2.24, 2.45) is 17.6 Å². The fourth-order valence-electron chi connectivity index (χ4n) is 8.14. The summed E-state index contributed by atoms with van der Waals surface area (Å²) < 4.78 is 96.1. The van der Waals surface area contributed by atoms with Crippen molar-refractivity contribution in [1.29, 1.82) is 0 Å². The van der Waals surface area contributed by atoms with Gasteiger partial charge in [0.15, 0.2) is 15.6 Å². The van der Waals surface area contributed by atoms with Crippen LogP contribution in [0.25, 0.3) is 11.1 Å². The zero-order valence-electron chi connectivity index (χ0n) is 36.9. The molecular formula is C49H55ClF3N3O8S3. The number of sulfone groups is 2. The summed E-state index contributed by atoms with van der Waals surface area (Å²) in [5.74, 6) is -1.54. The van der Waals surface area contributed by atoms with E-state index in [4.69, 9.17) is 27.2 Å². The Hall–Kier alpha value is -4.75. The maximum absolute atomic E-state index is 14.2. The van der Waals surface area contributed by atoms with Crippen molar-refractivity contribution in [3.05, 3.63) is 143 Å². The second-order valence-corrected chi connectivity index (χ2v) is 21.6. The van der Waals surface area contributed by atoms with Crippen LogP contribution in [0, 0.1) is 11.8 Å². The molecule has 0 unspecified atom stereocenters. The highest BCUT2D eigenvalue weighted by molar-refractivity contribution is 7.99. The summed E-state index contributed by atoms with van der Waals surface area (Å²) in [4.78, 5) is 25.0. The van der Waals surface area contributed by atoms with E-state index in [1.165, 1.54) is 23.9 Å². The molecule has 1 aliphatic rings. The lowest BCUT2D eigenvalue weighted by atomic mass is 9.83. The first kappa shape index (κ1) is 53.2. The molecule has 0 aliphatic carbocycles. The fourth-order valence-corrected chi connectivity index (χ4v) is 11.7. The predicted octanol–water partition coefficient (Wildman–Crippen LogP) is 9.23. The van der Waals surface area contributed by atoms with Crippen LogP contribution >= 0.6 is 23.4 Å². The van der Waals surface area contributed by atoms with Crippen LogP contribution in [0.3, 0.4) is 0 Å². The number of nitrogens with two attached hydrogens (primary N) is 1. The standard InChI is InChI=1S/C48H53ClF3N3O6S3.CH2O2/c1-2-54(28-29-56)25-22-34(32-62-41-8-4-3-5-9-41)30-38-16-21-42(31-46(38)64(60,61)48(50,51)52)63(58,59)33-45(57)36-14-19-40(20-15-36)55-26-23-37(24-27-55)47(53)44-11-7-6-10-43(44)35-12-17-39(49)18-13-35;2-1-3/h3-21,31,34,37,47,56H,2,22-30,32-33,53H2,1H3;1H,(H,2,3)/t34-,47+;/m0./s1. The molecule has 67 heavy (non-hydrogen) atoms. The van der Waals surface area contributed by atoms with Gasteiger partial charge in [0.2, 0.25) is 0 Å². The van der Waals surface area contributed by atoms with E-state index in [1.807, 2.05) is 78.6 Å². The van der Waals surface area contributed by atoms with Gasteiger partial charge in [0, 0.05) is 52.6 Å². The Morgan fingerprint density at radius 3 is 2.15 bits per heavy atom. The number of carbonyl (C=O) groups is 2. The Morgan fingerprint density at radius 1 is 0.910 bits per heavy atom. The third kappa shape index (κ3) is 14.4. The van der Waals surface area contributed by atoms with E-state index in [9.17, 15) is 39.9 Å². The van der Waals surface area contributed by atoms with Gasteiger partial charge in [0.05, 0.1) is 16.4 Å². The minimum atomic E-state index is -6.00. The first-order valence-corrected chi connectivity index (χ1v) is 26.2. The number of aliphatic hydroxyl groups excluding tert-OH is 1. The second-order valence-electron chi connectivity index (χ2n) is 16.1. The summed E-state index contributed by atoms with van der Waals surface area (Å²) in [5, 5.41) is 17.0. The van der Waals surface area contributed by atoms with E-state index >= 15 is 0 Å². The Kier molecular flexibility index (Phi) is 19.5. The SMILES string of the molecule is CCN(CCO)CC[C@H](CSc1ccccc1)Cc1ccc(S(=O)(=O)CC(=O)c2ccc(N3CCC([C@@H](N)c4ccccc4-c4ccc(Cl)cc4)CC3)cc2)cc1S(=O)(=O)C(F)(F)F.O=CO. The molecule has 4 N–H and O–H groups in total. The molecule has 0 saturated carbocycles. The smallest absolute Gasteiger partial charge is 0.483 e. The van der Waals surface area contributed by atoms with Gasteiger partial charge >= 0.3 is 5.51 Å². The molecule has 1 saturated heterocycles. The van der Waals surface area contributed by atoms with Crippen molar-refractivity contribution >= 4 is 61.0 Å². The van der Waals surface area contributed by atoms with Crippen LogP contribution in [-0.4, -0.2) is 101 Å². The third-order valence-electron chi connectivity index (χ3n) is 11.8. The van der Waals surface area contributed by atoms with E-state index in [0.29, 0.717) is 56.0 Å². The number of ketones is 1. The van der Waals surface area contributed by atoms with E-state index in [0.717, 1.165) is 52.2 Å². The Balaban J connectivity index is 0.00000273. The van der Waals surface area contributed by atoms with Crippen molar-refractivity contribution in [1.82, 2.24) is 4.90 Å². The molecule has 1 aliphatic heterocycles. The van der Waals surface area contributed by atoms with Crippen molar-refractivity contribution < 1.29 is 49.8 Å². The molecule has 18 heteroatoms. The van der Waals surface area contributed by atoms with Crippen LogP contribution in [0.1, 0.15) is 53.7 Å². The van der Waals surface area contributed by atoms with Crippen LogP contribution in [0.5, 0.6) is 0 Å². The summed E-state index contributed by atoms with van der Waals surface area (Å²) >= 11 is 7.60. The number of anilines is 1. The summed E-state index contributed by atoms with van der Waals surface area (Å²) in [7, 11) is -10.6.